The van der Waals surface area contributed by atoms with Gasteiger partial charge in [0.15, 0.2) is 0 Å². The third kappa shape index (κ3) is 3.78. The number of aromatic nitrogens is 4. The lowest BCUT2D eigenvalue weighted by Gasteiger charge is -2.10. The van der Waals surface area contributed by atoms with Crippen LogP contribution in [0, 0.1) is 25.2 Å². The second kappa shape index (κ2) is 6.91. The summed E-state index contributed by atoms with van der Waals surface area (Å²) in [5.74, 6) is 0.370. The molecule has 7 nitrogen and oxygen atoms in total. The molecule has 0 fully saturated rings. The van der Waals surface area contributed by atoms with Crippen LogP contribution in [0.15, 0.2) is 35.5 Å². The third-order valence-electron chi connectivity index (χ3n) is 3.53. The van der Waals surface area contributed by atoms with Crippen molar-refractivity contribution in [3.63, 3.8) is 0 Å². The molecule has 1 atom stereocenters. The minimum Gasteiger partial charge on any atom is -0.325 e. The lowest BCUT2D eigenvalue weighted by Crippen LogP contribution is -2.22. The molecule has 3 rings (SSSR count). The van der Waals surface area contributed by atoms with E-state index in [4.69, 9.17) is 5.26 Å². The molecular weight excluding hydrogens is 336 g/mol. The number of aryl methyl sites for hydroxylation is 2. The first-order valence-electron chi connectivity index (χ1n) is 7.65. The van der Waals surface area contributed by atoms with Crippen molar-refractivity contribution in [2.45, 2.75) is 31.2 Å². The number of amides is 1. The molecule has 1 N–H and O–H groups in total. The highest BCUT2D eigenvalue weighted by Gasteiger charge is 2.18. The summed E-state index contributed by atoms with van der Waals surface area (Å²) in [5, 5.41) is 16.1. The minimum absolute atomic E-state index is 0.158. The molecule has 0 radical (unpaired) electrons. The number of benzene rings is 1. The molecule has 1 amide bonds. The Bertz CT molecular complexity index is 973. The normalized spacial score (nSPS) is 11.9. The highest BCUT2D eigenvalue weighted by molar-refractivity contribution is 8.00. The van der Waals surface area contributed by atoms with Crippen LogP contribution in [0.25, 0.3) is 5.78 Å². The van der Waals surface area contributed by atoms with E-state index >= 15 is 0 Å². The summed E-state index contributed by atoms with van der Waals surface area (Å²) in [4.78, 5) is 21.0. The number of nitrogens with zero attached hydrogens (tertiary/aromatic N) is 5. The van der Waals surface area contributed by atoms with Gasteiger partial charge >= 0.3 is 0 Å². The van der Waals surface area contributed by atoms with Gasteiger partial charge in [-0.3, -0.25) is 4.79 Å². The van der Waals surface area contributed by atoms with Crippen LogP contribution in [0.1, 0.15) is 23.9 Å². The average molecular weight is 352 g/mol. The first-order valence-corrected chi connectivity index (χ1v) is 8.53. The third-order valence-corrected chi connectivity index (χ3v) is 4.48. The van der Waals surface area contributed by atoms with Gasteiger partial charge in [0.1, 0.15) is 0 Å². The molecule has 2 aromatic heterocycles. The molecule has 1 aromatic carbocycles. The van der Waals surface area contributed by atoms with E-state index in [-0.39, 0.29) is 11.2 Å². The summed E-state index contributed by atoms with van der Waals surface area (Å²) in [6.07, 6.45) is 0. The van der Waals surface area contributed by atoms with Crippen molar-refractivity contribution < 1.29 is 4.79 Å². The number of nitrogens with one attached hydrogen (secondary N) is 1. The highest BCUT2D eigenvalue weighted by Crippen LogP contribution is 2.22. The maximum atomic E-state index is 12.3. The number of thioether (sulfide) groups is 1. The Balaban J connectivity index is 1.70. The van der Waals surface area contributed by atoms with Gasteiger partial charge in [0.05, 0.1) is 16.9 Å². The van der Waals surface area contributed by atoms with E-state index in [1.807, 2.05) is 26.0 Å². The summed E-state index contributed by atoms with van der Waals surface area (Å²) in [7, 11) is 0. The molecule has 2 heterocycles. The first kappa shape index (κ1) is 16.9. The van der Waals surface area contributed by atoms with Gasteiger partial charge in [0.2, 0.25) is 11.1 Å². The zero-order valence-electron chi connectivity index (χ0n) is 14.0. The number of hydrogen-bond acceptors (Lipinski definition) is 6. The standard InChI is InChI=1S/C17H16N6OS/c1-10-8-11(2)23-16(19-10)21-17(22-23)25-12(3)15(24)20-14-6-4-13(9-18)5-7-14/h4-8,12H,1-3H3,(H,20,24)/t12-/m0/s1. The van der Waals surface area contributed by atoms with Crippen LogP contribution in [0.2, 0.25) is 0 Å². The van der Waals surface area contributed by atoms with Crippen molar-refractivity contribution in [1.82, 2.24) is 19.6 Å². The van der Waals surface area contributed by atoms with Gasteiger partial charge < -0.3 is 5.32 Å². The van der Waals surface area contributed by atoms with Crippen molar-refractivity contribution in [2.24, 2.45) is 0 Å². The molecular formula is C17H16N6OS. The smallest absolute Gasteiger partial charge is 0.253 e. The molecule has 3 aromatic rings. The van der Waals surface area contributed by atoms with Gasteiger partial charge in [-0.25, -0.2) is 9.50 Å². The number of rotatable bonds is 4. The summed E-state index contributed by atoms with van der Waals surface area (Å²) >= 11 is 1.27. The van der Waals surface area contributed by atoms with E-state index < -0.39 is 0 Å². The van der Waals surface area contributed by atoms with E-state index in [9.17, 15) is 4.79 Å². The van der Waals surface area contributed by atoms with Crippen LogP contribution in [0.4, 0.5) is 5.69 Å². The Labute approximate surface area is 149 Å². The highest BCUT2D eigenvalue weighted by atomic mass is 32.2. The molecule has 0 aliphatic heterocycles. The van der Waals surface area contributed by atoms with Crippen molar-refractivity contribution >= 4 is 29.1 Å². The van der Waals surface area contributed by atoms with Crippen LogP contribution < -0.4 is 5.32 Å². The molecule has 0 saturated heterocycles. The molecule has 0 saturated carbocycles. The second-order valence-electron chi connectivity index (χ2n) is 5.58. The lowest BCUT2D eigenvalue weighted by molar-refractivity contribution is -0.115. The van der Waals surface area contributed by atoms with Crippen LogP contribution in [-0.4, -0.2) is 30.7 Å². The maximum absolute atomic E-state index is 12.3. The zero-order valence-corrected chi connectivity index (χ0v) is 14.8. The number of carbonyl (C=O) groups is 1. The summed E-state index contributed by atoms with van der Waals surface area (Å²) < 4.78 is 1.67. The Morgan fingerprint density at radius 1 is 1.28 bits per heavy atom. The van der Waals surface area contributed by atoms with Crippen LogP contribution in [0.3, 0.4) is 0 Å². The SMILES string of the molecule is Cc1cc(C)n2nc(S[C@@H](C)C(=O)Nc3ccc(C#N)cc3)nc2n1. The van der Waals surface area contributed by atoms with Crippen molar-refractivity contribution in [3.05, 3.63) is 47.3 Å². The Kier molecular flexibility index (Phi) is 4.67. The Hall–Kier alpha value is -2.92. The summed E-state index contributed by atoms with van der Waals surface area (Å²) in [5.41, 5.74) is 3.01. The summed E-state index contributed by atoms with van der Waals surface area (Å²) in [6, 6.07) is 10.7. The average Bonchev–Trinajstić information content (AvgIpc) is 2.98. The van der Waals surface area contributed by atoms with Crippen molar-refractivity contribution in [3.8, 4) is 6.07 Å². The van der Waals surface area contributed by atoms with E-state index in [1.54, 1.807) is 35.7 Å². The van der Waals surface area contributed by atoms with Gasteiger partial charge in [-0.15, -0.1) is 5.10 Å². The molecule has 0 aliphatic rings. The van der Waals surface area contributed by atoms with E-state index in [1.165, 1.54) is 11.8 Å². The Morgan fingerprint density at radius 2 is 2.00 bits per heavy atom. The molecule has 0 unspecified atom stereocenters. The van der Waals surface area contributed by atoms with Crippen LogP contribution in [0.5, 0.6) is 0 Å². The maximum Gasteiger partial charge on any atom is 0.253 e. The quantitative estimate of drug-likeness (QED) is 0.725. The van der Waals surface area contributed by atoms with E-state index in [2.05, 4.69) is 20.4 Å². The second-order valence-corrected chi connectivity index (χ2v) is 6.89. The number of hydrogen-bond donors (Lipinski definition) is 1. The Morgan fingerprint density at radius 3 is 2.68 bits per heavy atom. The number of carbonyl (C=O) groups excluding carboxylic acids is 1. The molecule has 0 bridgehead atoms. The van der Waals surface area contributed by atoms with E-state index in [0.717, 1.165) is 11.4 Å². The van der Waals surface area contributed by atoms with Gasteiger partial charge in [-0.05, 0) is 51.1 Å². The van der Waals surface area contributed by atoms with Gasteiger partial charge in [0.25, 0.3) is 5.78 Å². The zero-order chi connectivity index (χ0) is 18.0. The number of fused-ring (bicyclic) bond motifs is 1. The van der Waals surface area contributed by atoms with Crippen LogP contribution >= 0.6 is 11.8 Å². The van der Waals surface area contributed by atoms with Gasteiger partial charge in [-0.1, -0.05) is 11.8 Å². The number of nitriles is 1. The molecule has 25 heavy (non-hydrogen) atoms. The topological polar surface area (TPSA) is 96.0 Å². The fourth-order valence-electron chi connectivity index (χ4n) is 2.28. The largest absolute Gasteiger partial charge is 0.325 e. The predicted octanol–water partition coefficient (Wildman–Crippen LogP) is 2.73. The van der Waals surface area contributed by atoms with Crippen molar-refractivity contribution in [1.29, 1.82) is 5.26 Å². The molecule has 126 valence electrons. The molecule has 8 heteroatoms. The van der Waals surface area contributed by atoms with E-state index in [0.29, 0.717) is 22.2 Å². The fourth-order valence-corrected chi connectivity index (χ4v) is 3.03. The first-order chi connectivity index (χ1) is 12.0. The van der Waals surface area contributed by atoms with Gasteiger partial charge in [-0.2, -0.15) is 10.2 Å². The van der Waals surface area contributed by atoms with Crippen molar-refractivity contribution in [2.75, 3.05) is 5.32 Å². The molecule has 0 spiro atoms. The molecule has 0 aliphatic carbocycles. The van der Waals surface area contributed by atoms with Gasteiger partial charge in [0, 0.05) is 17.1 Å². The number of anilines is 1. The monoisotopic (exact) mass is 352 g/mol. The summed E-state index contributed by atoms with van der Waals surface area (Å²) in [6.45, 7) is 5.63. The van der Waals surface area contributed by atoms with Crippen LogP contribution in [-0.2, 0) is 4.79 Å². The predicted molar refractivity (Wildman–Crippen MR) is 95.4 cm³/mol. The fraction of sp³-hybridized carbons (Fsp3) is 0.235. The minimum atomic E-state index is -0.380. The lowest BCUT2D eigenvalue weighted by atomic mass is 10.2.